The molecule has 0 aromatic carbocycles. The smallest absolute Gasteiger partial charge is 0.222 e. The average Bonchev–Trinajstić information content (AvgIpc) is 2.38. The number of anilines is 1. The predicted molar refractivity (Wildman–Crippen MR) is 66.0 cm³/mol. The lowest BCUT2D eigenvalue weighted by atomic mass is 9.96. The molecule has 1 aromatic heterocycles. The maximum Gasteiger partial charge on any atom is 0.222 e. The molecule has 2 rings (SSSR count). The average molecular weight is 218 g/mol. The van der Waals surface area contributed by atoms with Crippen molar-refractivity contribution in [2.75, 3.05) is 12.4 Å². The molecule has 0 radical (unpaired) electrons. The standard InChI is InChI=1S/C12H18N4/c1-13-12-14-8-7-11(16-12)9-15-10-5-3-2-4-6-10/h7-10H,2-6H2,1H3,(H,13,14,16). The summed E-state index contributed by atoms with van der Waals surface area (Å²) in [4.78, 5) is 13.0. The molecule has 1 saturated carbocycles. The highest BCUT2D eigenvalue weighted by atomic mass is 15.1. The van der Waals surface area contributed by atoms with Crippen molar-refractivity contribution < 1.29 is 0 Å². The zero-order chi connectivity index (χ0) is 11.2. The van der Waals surface area contributed by atoms with Gasteiger partial charge < -0.3 is 5.32 Å². The zero-order valence-corrected chi connectivity index (χ0v) is 9.69. The highest BCUT2D eigenvalue weighted by molar-refractivity contribution is 5.77. The Morgan fingerprint density at radius 3 is 2.94 bits per heavy atom. The number of nitrogens with zero attached hydrogens (tertiary/aromatic N) is 3. The van der Waals surface area contributed by atoms with Gasteiger partial charge >= 0.3 is 0 Å². The van der Waals surface area contributed by atoms with Crippen LogP contribution in [-0.2, 0) is 0 Å². The van der Waals surface area contributed by atoms with Gasteiger partial charge in [-0.2, -0.15) is 0 Å². The highest BCUT2D eigenvalue weighted by Gasteiger charge is 2.10. The van der Waals surface area contributed by atoms with Gasteiger partial charge in [-0.3, -0.25) is 4.99 Å². The molecule has 1 aliphatic carbocycles. The van der Waals surface area contributed by atoms with E-state index in [4.69, 9.17) is 0 Å². The molecule has 0 atom stereocenters. The van der Waals surface area contributed by atoms with Crippen molar-refractivity contribution >= 4 is 12.2 Å². The van der Waals surface area contributed by atoms with Crippen LogP contribution in [0.5, 0.6) is 0 Å². The molecule has 1 N–H and O–H groups in total. The molecule has 16 heavy (non-hydrogen) atoms. The number of hydrogen-bond donors (Lipinski definition) is 1. The van der Waals surface area contributed by atoms with Crippen LogP contribution in [0.1, 0.15) is 37.8 Å². The maximum atomic E-state index is 4.59. The molecule has 0 aliphatic heterocycles. The number of aliphatic imine (C=N–C) groups is 1. The summed E-state index contributed by atoms with van der Waals surface area (Å²) in [5.74, 6) is 0.646. The number of rotatable bonds is 3. The third kappa shape index (κ3) is 3.02. The second-order valence-corrected chi connectivity index (χ2v) is 4.13. The molecule has 86 valence electrons. The van der Waals surface area contributed by atoms with Crippen molar-refractivity contribution in [3.05, 3.63) is 18.0 Å². The van der Waals surface area contributed by atoms with Gasteiger partial charge in [-0.1, -0.05) is 19.3 Å². The summed E-state index contributed by atoms with van der Waals surface area (Å²) in [6.45, 7) is 0. The van der Waals surface area contributed by atoms with E-state index in [0.29, 0.717) is 12.0 Å². The summed E-state index contributed by atoms with van der Waals surface area (Å²) in [6.07, 6.45) is 10.1. The van der Waals surface area contributed by atoms with E-state index in [1.807, 2.05) is 19.3 Å². The van der Waals surface area contributed by atoms with Crippen molar-refractivity contribution in [2.45, 2.75) is 38.1 Å². The van der Waals surface area contributed by atoms with Gasteiger partial charge in [0, 0.05) is 19.5 Å². The molecule has 0 saturated heterocycles. The molecule has 1 fully saturated rings. The van der Waals surface area contributed by atoms with Crippen LogP contribution in [0.2, 0.25) is 0 Å². The number of nitrogens with one attached hydrogen (secondary N) is 1. The van der Waals surface area contributed by atoms with Crippen LogP contribution in [-0.4, -0.2) is 29.3 Å². The Morgan fingerprint density at radius 1 is 1.38 bits per heavy atom. The van der Waals surface area contributed by atoms with Gasteiger partial charge in [0.25, 0.3) is 0 Å². The van der Waals surface area contributed by atoms with E-state index in [0.717, 1.165) is 5.69 Å². The molecular formula is C12H18N4. The summed E-state index contributed by atoms with van der Waals surface area (Å²) >= 11 is 0. The van der Waals surface area contributed by atoms with Gasteiger partial charge in [0.1, 0.15) is 0 Å². The van der Waals surface area contributed by atoms with E-state index in [9.17, 15) is 0 Å². The normalized spacial score (nSPS) is 17.8. The minimum absolute atomic E-state index is 0.502. The molecule has 1 heterocycles. The quantitative estimate of drug-likeness (QED) is 0.792. The fourth-order valence-electron chi connectivity index (χ4n) is 1.98. The lowest BCUT2D eigenvalue weighted by Crippen LogP contribution is -2.10. The van der Waals surface area contributed by atoms with Crippen LogP contribution < -0.4 is 5.32 Å². The Bertz CT molecular complexity index is 356. The monoisotopic (exact) mass is 218 g/mol. The first-order valence-corrected chi connectivity index (χ1v) is 5.92. The third-order valence-corrected chi connectivity index (χ3v) is 2.89. The molecule has 0 spiro atoms. The molecule has 0 unspecified atom stereocenters. The predicted octanol–water partition coefficient (Wildman–Crippen LogP) is 2.27. The molecule has 1 aliphatic rings. The van der Waals surface area contributed by atoms with Crippen molar-refractivity contribution in [2.24, 2.45) is 4.99 Å². The SMILES string of the molecule is CNc1nccc(C=NC2CCCCC2)n1. The van der Waals surface area contributed by atoms with E-state index in [-0.39, 0.29) is 0 Å². The first kappa shape index (κ1) is 11.0. The Kier molecular flexibility index (Phi) is 3.86. The Labute approximate surface area is 96.2 Å². The van der Waals surface area contributed by atoms with E-state index in [1.54, 1.807) is 6.20 Å². The Morgan fingerprint density at radius 2 is 2.19 bits per heavy atom. The van der Waals surface area contributed by atoms with Crippen molar-refractivity contribution in [3.63, 3.8) is 0 Å². The van der Waals surface area contributed by atoms with Crippen LogP contribution in [0, 0.1) is 0 Å². The molecule has 0 bridgehead atoms. The fourth-order valence-corrected chi connectivity index (χ4v) is 1.98. The summed E-state index contributed by atoms with van der Waals surface area (Å²) in [7, 11) is 1.82. The second-order valence-electron chi connectivity index (χ2n) is 4.13. The van der Waals surface area contributed by atoms with Crippen LogP contribution in [0.3, 0.4) is 0 Å². The van der Waals surface area contributed by atoms with E-state index < -0.39 is 0 Å². The molecule has 4 heteroatoms. The van der Waals surface area contributed by atoms with Gasteiger partial charge in [0.2, 0.25) is 5.95 Å². The summed E-state index contributed by atoms with van der Waals surface area (Å²) in [6, 6.07) is 2.38. The summed E-state index contributed by atoms with van der Waals surface area (Å²) in [5, 5.41) is 2.92. The minimum atomic E-state index is 0.502. The third-order valence-electron chi connectivity index (χ3n) is 2.89. The van der Waals surface area contributed by atoms with Crippen LogP contribution >= 0.6 is 0 Å². The van der Waals surface area contributed by atoms with Gasteiger partial charge in [0.15, 0.2) is 0 Å². The van der Waals surface area contributed by atoms with Gasteiger partial charge in [-0.15, -0.1) is 0 Å². The second kappa shape index (κ2) is 5.58. The molecular weight excluding hydrogens is 200 g/mol. The van der Waals surface area contributed by atoms with E-state index in [2.05, 4.69) is 20.3 Å². The van der Waals surface area contributed by atoms with Gasteiger partial charge in [-0.05, 0) is 18.9 Å². The van der Waals surface area contributed by atoms with E-state index >= 15 is 0 Å². The largest absolute Gasteiger partial charge is 0.357 e. The van der Waals surface area contributed by atoms with Crippen LogP contribution in [0.4, 0.5) is 5.95 Å². The minimum Gasteiger partial charge on any atom is -0.357 e. The lowest BCUT2D eigenvalue weighted by molar-refractivity contribution is 0.444. The highest BCUT2D eigenvalue weighted by Crippen LogP contribution is 2.19. The van der Waals surface area contributed by atoms with Crippen LogP contribution in [0.25, 0.3) is 0 Å². The van der Waals surface area contributed by atoms with Gasteiger partial charge in [0.05, 0.1) is 11.7 Å². The Hall–Kier alpha value is -1.45. The number of aromatic nitrogens is 2. The van der Waals surface area contributed by atoms with E-state index in [1.165, 1.54) is 32.1 Å². The lowest BCUT2D eigenvalue weighted by Gasteiger charge is -2.16. The molecule has 4 nitrogen and oxygen atoms in total. The Balaban J connectivity index is 1.98. The maximum absolute atomic E-state index is 4.59. The first-order chi connectivity index (χ1) is 7.88. The van der Waals surface area contributed by atoms with Crippen molar-refractivity contribution in [3.8, 4) is 0 Å². The number of hydrogen-bond acceptors (Lipinski definition) is 4. The molecule has 0 amide bonds. The zero-order valence-electron chi connectivity index (χ0n) is 9.69. The van der Waals surface area contributed by atoms with Gasteiger partial charge in [-0.25, -0.2) is 9.97 Å². The molecule has 1 aromatic rings. The van der Waals surface area contributed by atoms with Crippen LogP contribution in [0.15, 0.2) is 17.3 Å². The summed E-state index contributed by atoms with van der Waals surface area (Å²) < 4.78 is 0. The summed E-state index contributed by atoms with van der Waals surface area (Å²) in [5.41, 5.74) is 0.880. The topological polar surface area (TPSA) is 50.2 Å². The first-order valence-electron chi connectivity index (χ1n) is 5.92. The fraction of sp³-hybridized carbons (Fsp3) is 0.583. The van der Waals surface area contributed by atoms with Crippen molar-refractivity contribution in [1.82, 2.24) is 9.97 Å². The van der Waals surface area contributed by atoms with Crippen molar-refractivity contribution in [1.29, 1.82) is 0 Å².